The van der Waals surface area contributed by atoms with Crippen molar-refractivity contribution in [3.63, 3.8) is 0 Å². The highest BCUT2D eigenvalue weighted by atomic mass is 16.5. The number of pyridine rings is 1. The van der Waals surface area contributed by atoms with Crippen LogP contribution in [0.2, 0.25) is 0 Å². The second-order valence-electron chi connectivity index (χ2n) is 6.99. The summed E-state index contributed by atoms with van der Waals surface area (Å²) in [6.07, 6.45) is 3.13. The van der Waals surface area contributed by atoms with E-state index in [-0.39, 0.29) is 11.7 Å². The van der Waals surface area contributed by atoms with Crippen molar-refractivity contribution in [2.24, 2.45) is 7.05 Å². The maximum atomic E-state index is 12.6. The lowest BCUT2D eigenvalue weighted by molar-refractivity contribution is 0.0373. The summed E-state index contributed by atoms with van der Waals surface area (Å²) in [5.74, 6) is 2.07. The van der Waals surface area contributed by atoms with Gasteiger partial charge in [-0.1, -0.05) is 0 Å². The summed E-state index contributed by atoms with van der Waals surface area (Å²) < 4.78 is 18.5. The van der Waals surface area contributed by atoms with Crippen molar-refractivity contribution in [3.8, 4) is 22.8 Å². The fourth-order valence-corrected chi connectivity index (χ4v) is 3.59. The number of hydrogen-bond donors (Lipinski definition) is 0. The molecule has 0 aliphatic carbocycles. The van der Waals surface area contributed by atoms with Crippen LogP contribution in [0.25, 0.3) is 11.3 Å². The molecule has 1 saturated heterocycles. The first-order valence-electron chi connectivity index (χ1n) is 9.67. The average Bonchev–Trinajstić information content (AvgIpc) is 2.81. The van der Waals surface area contributed by atoms with Crippen molar-refractivity contribution < 1.29 is 14.2 Å². The maximum absolute atomic E-state index is 12.6. The third kappa shape index (κ3) is 3.86. The van der Waals surface area contributed by atoms with Crippen LogP contribution in [-0.4, -0.2) is 48.5 Å². The van der Waals surface area contributed by atoms with E-state index in [1.54, 1.807) is 44.3 Å². The SMILES string of the molecule is COc1ccc(OC)c(C2CN(c3nc(-c4ccncc4)cc(=O)n3C)CCO2)c1. The van der Waals surface area contributed by atoms with Gasteiger partial charge >= 0.3 is 0 Å². The first-order chi connectivity index (χ1) is 14.6. The van der Waals surface area contributed by atoms with Gasteiger partial charge in [-0.2, -0.15) is 0 Å². The Morgan fingerprint density at radius 2 is 1.90 bits per heavy atom. The number of ether oxygens (including phenoxy) is 3. The lowest BCUT2D eigenvalue weighted by atomic mass is 10.1. The van der Waals surface area contributed by atoms with Gasteiger partial charge < -0.3 is 19.1 Å². The number of methoxy groups -OCH3 is 2. The molecule has 3 aromatic rings. The number of aromatic nitrogens is 3. The van der Waals surface area contributed by atoms with Gasteiger partial charge in [0.1, 0.15) is 17.6 Å². The Hall–Kier alpha value is -3.39. The summed E-state index contributed by atoms with van der Waals surface area (Å²) in [4.78, 5) is 23.5. The molecule has 1 fully saturated rings. The van der Waals surface area contributed by atoms with Crippen LogP contribution in [0.15, 0.2) is 53.6 Å². The lowest BCUT2D eigenvalue weighted by Gasteiger charge is -2.35. The molecule has 2 aromatic heterocycles. The topological polar surface area (TPSA) is 78.7 Å². The van der Waals surface area contributed by atoms with Crippen LogP contribution in [0.5, 0.6) is 11.5 Å². The van der Waals surface area contributed by atoms with E-state index in [0.717, 1.165) is 22.6 Å². The molecule has 30 heavy (non-hydrogen) atoms. The van der Waals surface area contributed by atoms with E-state index in [1.165, 1.54) is 0 Å². The molecular weight excluding hydrogens is 384 g/mol. The maximum Gasteiger partial charge on any atom is 0.255 e. The lowest BCUT2D eigenvalue weighted by Crippen LogP contribution is -2.41. The van der Waals surface area contributed by atoms with Gasteiger partial charge in [0.25, 0.3) is 5.56 Å². The highest BCUT2D eigenvalue weighted by Gasteiger charge is 2.27. The molecule has 1 atom stereocenters. The van der Waals surface area contributed by atoms with Crippen LogP contribution in [-0.2, 0) is 11.8 Å². The van der Waals surface area contributed by atoms with Crippen LogP contribution >= 0.6 is 0 Å². The zero-order valence-corrected chi connectivity index (χ0v) is 17.2. The molecule has 1 unspecified atom stereocenters. The Morgan fingerprint density at radius 3 is 2.63 bits per heavy atom. The standard InChI is InChI=1S/C22H24N4O4/c1-25-21(27)13-18(15-6-8-23-9-7-15)24-22(25)26-10-11-30-20(14-26)17-12-16(28-2)4-5-19(17)29-3/h4-9,12-13,20H,10-11,14H2,1-3H3. The van der Waals surface area contributed by atoms with E-state index in [0.29, 0.717) is 31.3 Å². The Morgan fingerprint density at radius 1 is 1.10 bits per heavy atom. The molecule has 1 aliphatic rings. The molecule has 156 valence electrons. The number of benzene rings is 1. The number of hydrogen-bond acceptors (Lipinski definition) is 7. The van der Waals surface area contributed by atoms with Crippen molar-refractivity contribution in [1.82, 2.24) is 14.5 Å². The highest BCUT2D eigenvalue weighted by Crippen LogP contribution is 2.34. The predicted octanol–water partition coefficient (Wildman–Crippen LogP) is 2.44. The fraction of sp³-hybridized carbons (Fsp3) is 0.318. The van der Waals surface area contributed by atoms with Gasteiger partial charge in [0.15, 0.2) is 0 Å². The molecule has 0 saturated carbocycles. The van der Waals surface area contributed by atoms with Gasteiger partial charge in [0.05, 0.1) is 33.1 Å². The van der Waals surface area contributed by atoms with E-state index in [9.17, 15) is 4.79 Å². The fourth-order valence-electron chi connectivity index (χ4n) is 3.59. The number of rotatable bonds is 5. The average molecular weight is 408 g/mol. The molecule has 0 amide bonds. The molecule has 1 aromatic carbocycles. The minimum Gasteiger partial charge on any atom is -0.497 e. The Balaban J connectivity index is 1.69. The first kappa shape index (κ1) is 19.9. The van der Waals surface area contributed by atoms with Gasteiger partial charge in [-0.3, -0.25) is 14.3 Å². The second kappa shape index (κ2) is 8.54. The molecule has 0 bridgehead atoms. The summed E-state index contributed by atoms with van der Waals surface area (Å²) in [5, 5.41) is 0. The van der Waals surface area contributed by atoms with Crippen LogP contribution < -0.4 is 19.9 Å². The summed E-state index contributed by atoms with van der Waals surface area (Å²) in [7, 11) is 5.00. The molecular formula is C22H24N4O4. The monoisotopic (exact) mass is 408 g/mol. The van der Waals surface area contributed by atoms with Crippen LogP contribution in [0.4, 0.5) is 5.95 Å². The second-order valence-corrected chi connectivity index (χ2v) is 6.99. The van der Waals surface area contributed by atoms with Crippen LogP contribution in [0.1, 0.15) is 11.7 Å². The van der Waals surface area contributed by atoms with Crippen molar-refractivity contribution in [1.29, 1.82) is 0 Å². The Kier molecular flexibility index (Phi) is 5.67. The van der Waals surface area contributed by atoms with E-state index in [2.05, 4.69) is 9.88 Å². The molecule has 1 aliphatic heterocycles. The number of nitrogens with zero attached hydrogens (tertiary/aromatic N) is 4. The summed E-state index contributed by atoms with van der Waals surface area (Å²) in [5.41, 5.74) is 2.26. The molecule has 4 rings (SSSR count). The van der Waals surface area contributed by atoms with Gasteiger partial charge in [-0.05, 0) is 30.3 Å². The Labute approximate surface area is 174 Å². The summed E-state index contributed by atoms with van der Waals surface area (Å²) >= 11 is 0. The first-order valence-corrected chi connectivity index (χ1v) is 9.67. The van der Waals surface area contributed by atoms with E-state index in [1.807, 2.05) is 30.3 Å². The zero-order chi connectivity index (χ0) is 21.1. The van der Waals surface area contributed by atoms with Crippen molar-refractivity contribution >= 4 is 5.95 Å². The number of morpholine rings is 1. The zero-order valence-electron chi connectivity index (χ0n) is 17.2. The third-order valence-corrected chi connectivity index (χ3v) is 5.22. The Bertz CT molecular complexity index is 1080. The molecule has 0 radical (unpaired) electrons. The van der Waals surface area contributed by atoms with E-state index >= 15 is 0 Å². The molecule has 8 nitrogen and oxygen atoms in total. The van der Waals surface area contributed by atoms with Crippen LogP contribution in [0.3, 0.4) is 0 Å². The highest BCUT2D eigenvalue weighted by molar-refractivity contribution is 5.59. The normalized spacial score (nSPS) is 16.4. The van der Waals surface area contributed by atoms with Gasteiger partial charge in [-0.15, -0.1) is 0 Å². The van der Waals surface area contributed by atoms with Gasteiger partial charge in [0, 0.05) is 43.2 Å². The minimum atomic E-state index is -0.245. The van der Waals surface area contributed by atoms with E-state index < -0.39 is 0 Å². The predicted molar refractivity (Wildman–Crippen MR) is 113 cm³/mol. The summed E-state index contributed by atoms with van der Waals surface area (Å²) in [6, 6.07) is 10.9. The van der Waals surface area contributed by atoms with Gasteiger partial charge in [-0.25, -0.2) is 4.98 Å². The van der Waals surface area contributed by atoms with Crippen molar-refractivity contribution in [2.75, 3.05) is 38.8 Å². The molecule has 3 heterocycles. The molecule has 8 heteroatoms. The van der Waals surface area contributed by atoms with Gasteiger partial charge in [0.2, 0.25) is 5.95 Å². The smallest absolute Gasteiger partial charge is 0.255 e. The quantitative estimate of drug-likeness (QED) is 0.642. The number of anilines is 1. The van der Waals surface area contributed by atoms with Crippen molar-refractivity contribution in [3.05, 3.63) is 64.7 Å². The van der Waals surface area contributed by atoms with E-state index in [4.69, 9.17) is 19.2 Å². The molecule has 0 spiro atoms. The third-order valence-electron chi connectivity index (χ3n) is 5.22. The largest absolute Gasteiger partial charge is 0.497 e. The minimum absolute atomic E-state index is 0.117. The molecule has 0 N–H and O–H groups in total. The van der Waals surface area contributed by atoms with Crippen molar-refractivity contribution in [2.45, 2.75) is 6.10 Å². The van der Waals surface area contributed by atoms with Crippen LogP contribution in [0, 0.1) is 0 Å². The summed E-state index contributed by atoms with van der Waals surface area (Å²) in [6.45, 7) is 1.66.